The molecule has 2 atom stereocenters. The van der Waals surface area contributed by atoms with Gasteiger partial charge < -0.3 is 15.0 Å². The molecule has 2 aliphatic rings. The van der Waals surface area contributed by atoms with Gasteiger partial charge in [-0.05, 0) is 57.7 Å². The minimum atomic E-state index is -0.452. The molecule has 1 N–H and O–H groups in total. The average Bonchev–Trinajstić information content (AvgIpc) is 2.83. The van der Waals surface area contributed by atoms with E-state index in [1.807, 2.05) is 7.05 Å². The van der Waals surface area contributed by atoms with E-state index in [-0.39, 0.29) is 5.97 Å². The maximum Gasteiger partial charge on any atom is 0.326 e. The molecule has 1 saturated carbocycles. The van der Waals surface area contributed by atoms with Crippen LogP contribution in [-0.4, -0.2) is 49.7 Å². The summed E-state index contributed by atoms with van der Waals surface area (Å²) in [7, 11) is 3.36. The quantitative estimate of drug-likeness (QED) is 0.792. The number of carbonyl (C=O) groups excluding carboxylic acids is 1. The highest BCUT2D eigenvalue weighted by Crippen LogP contribution is 2.37. The number of esters is 1. The Morgan fingerprint density at radius 2 is 1.89 bits per heavy atom. The molecular formula is C15H28N2O2. The number of nitrogens with one attached hydrogen (secondary N) is 1. The standard InChI is InChI=1S/C15H28N2O2/c1-14(2)7-9-17(10-8-14)12-5-6-15(11-12,16-3)13(18)19-4/h12,16H,5-11H2,1-4H3. The van der Waals surface area contributed by atoms with Crippen molar-refractivity contribution in [1.82, 2.24) is 10.2 Å². The Labute approximate surface area is 116 Å². The summed E-state index contributed by atoms with van der Waals surface area (Å²) in [6, 6.07) is 0.530. The molecule has 0 radical (unpaired) electrons. The highest BCUT2D eigenvalue weighted by molar-refractivity contribution is 5.81. The zero-order chi connectivity index (χ0) is 14.1. The molecule has 4 nitrogen and oxygen atoms in total. The van der Waals surface area contributed by atoms with Crippen LogP contribution < -0.4 is 5.32 Å². The molecule has 4 heteroatoms. The van der Waals surface area contributed by atoms with Crippen molar-refractivity contribution in [2.24, 2.45) is 5.41 Å². The Bertz CT molecular complexity index is 333. The van der Waals surface area contributed by atoms with Crippen molar-refractivity contribution in [3.8, 4) is 0 Å². The summed E-state index contributed by atoms with van der Waals surface area (Å²) >= 11 is 0. The summed E-state index contributed by atoms with van der Waals surface area (Å²) in [6.45, 7) is 7.04. The zero-order valence-electron chi connectivity index (χ0n) is 12.8. The fraction of sp³-hybridized carbons (Fsp3) is 0.933. The lowest BCUT2D eigenvalue weighted by Crippen LogP contribution is -2.51. The number of nitrogens with zero attached hydrogens (tertiary/aromatic N) is 1. The number of piperidine rings is 1. The highest BCUT2D eigenvalue weighted by atomic mass is 16.5. The van der Waals surface area contributed by atoms with E-state index in [2.05, 4.69) is 24.1 Å². The third kappa shape index (κ3) is 2.95. The molecule has 0 bridgehead atoms. The minimum absolute atomic E-state index is 0.102. The molecule has 1 heterocycles. The Morgan fingerprint density at radius 1 is 1.26 bits per heavy atom. The Balaban J connectivity index is 1.96. The first-order valence-corrected chi connectivity index (χ1v) is 7.44. The summed E-state index contributed by atoms with van der Waals surface area (Å²) in [6.07, 6.45) is 5.39. The van der Waals surface area contributed by atoms with Crippen LogP contribution in [0, 0.1) is 5.41 Å². The number of carbonyl (C=O) groups is 1. The number of rotatable bonds is 3. The van der Waals surface area contributed by atoms with Crippen molar-refractivity contribution in [2.45, 2.75) is 57.5 Å². The van der Waals surface area contributed by atoms with Gasteiger partial charge in [0.2, 0.25) is 0 Å². The van der Waals surface area contributed by atoms with Gasteiger partial charge in [-0.1, -0.05) is 13.8 Å². The van der Waals surface area contributed by atoms with Crippen LogP contribution in [0.5, 0.6) is 0 Å². The zero-order valence-corrected chi connectivity index (χ0v) is 12.8. The van der Waals surface area contributed by atoms with Gasteiger partial charge in [0.1, 0.15) is 5.54 Å². The second-order valence-electron chi connectivity index (χ2n) is 6.92. The van der Waals surface area contributed by atoms with E-state index in [9.17, 15) is 4.79 Å². The van der Waals surface area contributed by atoms with E-state index in [0.29, 0.717) is 11.5 Å². The summed E-state index contributed by atoms with van der Waals surface area (Å²) in [4.78, 5) is 14.6. The predicted molar refractivity (Wildman–Crippen MR) is 76.0 cm³/mol. The molecule has 0 spiro atoms. The molecule has 110 valence electrons. The van der Waals surface area contributed by atoms with Crippen LogP contribution in [0.15, 0.2) is 0 Å². The topological polar surface area (TPSA) is 41.6 Å². The van der Waals surface area contributed by atoms with E-state index in [0.717, 1.165) is 19.3 Å². The molecule has 0 aromatic carbocycles. The maximum atomic E-state index is 12.0. The van der Waals surface area contributed by atoms with E-state index < -0.39 is 5.54 Å². The van der Waals surface area contributed by atoms with Crippen LogP contribution in [0.2, 0.25) is 0 Å². The highest BCUT2D eigenvalue weighted by Gasteiger charge is 2.47. The fourth-order valence-corrected chi connectivity index (χ4v) is 3.54. The number of hydrogen-bond donors (Lipinski definition) is 1. The van der Waals surface area contributed by atoms with Gasteiger partial charge >= 0.3 is 5.97 Å². The lowest BCUT2D eigenvalue weighted by molar-refractivity contribution is -0.148. The van der Waals surface area contributed by atoms with Gasteiger partial charge in [-0.15, -0.1) is 0 Å². The lowest BCUT2D eigenvalue weighted by Gasteiger charge is -2.40. The van der Waals surface area contributed by atoms with Gasteiger partial charge in [-0.25, -0.2) is 0 Å². The van der Waals surface area contributed by atoms with Crippen LogP contribution >= 0.6 is 0 Å². The van der Waals surface area contributed by atoms with Gasteiger partial charge in [0.05, 0.1) is 7.11 Å². The van der Waals surface area contributed by atoms with Crippen molar-refractivity contribution >= 4 is 5.97 Å². The first-order valence-electron chi connectivity index (χ1n) is 7.44. The Kier molecular flexibility index (Phi) is 4.21. The molecule has 2 unspecified atom stereocenters. The summed E-state index contributed by atoms with van der Waals surface area (Å²) in [5.41, 5.74) is 0.0317. The van der Waals surface area contributed by atoms with Gasteiger partial charge in [0.25, 0.3) is 0 Å². The summed E-state index contributed by atoms with van der Waals surface area (Å²) < 4.78 is 4.98. The summed E-state index contributed by atoms with van der Waals surface area (Å²) in [5, 5.41) is 3.21. The average molecular weight is 268 g/mol. The molecule has 0 aromatic heterocycles. The Hall–Kier alpha value is -0.610. The monoisotopic (exact) mass is 268 g/mol. The van der Waals surface area contributed by atoms with Crippen LogP contribution in [0.4, 0.5) is 0 Å². The van der Waals surface area contributed by atoms with E-state index in [4.69, 9.17) is 4.74 Å². The molecule has 1 aliphatic carbocycles. The SMILES string of the molecule is CNC1(C(=O)OC)CCC(N2CCC(C)(C)CC2)C1. The summed E-state index contributed by atoms with van der Waals surface area (Å²) in [5.74, 6) is -0.102. The van der Waals surface area contributed by atoms with Gasteiger partial charge in [-0.2, -0.15) is 0 Å². The molecule has 2 rings (SSSR count). The van der Waals surface area contributed by atoms with Gasteiger partial charge in [0, 0.05) is 6.04 Å². The van der Waals surface area contributed by atoms with Crippen molar-refractivity contribution in [3.63, 3.8) is 0 Å². The second-order valence-corrected chi connectivity index (χ2v) is 6.92. The number of hydrogen-bond acceptors (Lipinski definition) is 4. The third-order valence-corrected chi connectivity index (χ3v) is 5.21. The van der Waals surface area contributed by atoms with Crippen molar-refractivity contribution < 1.29 is 9.53 Å². The van der Waals surface area contributed by atoms with E-state index in [1.54, 1.807) is 0 Å². The molecule has 0 aromatic rings. The van der Waals surface area contributed by atoms with Gasteiger partial charge in [-0.3, -0.25) is 4.79 Å². The van der Waals surface area contributed by atoms with Crippen molar-refractivity contribution in [1.29, 1.82) is 0 Å². The molecule has 1 aliphatic heterocycles. The van der Waals surface area contributed by atoms with Crippen molar-refractivity contribution in [3.05, 3.63) is 0 Å². The van der Waals surface area contributed by atoms with Crippen LogP contribution in [0.3, 0.4) is 0 Å². The van der Waals surface area contributed by atoms with Crippen LogP contribution in [0.1, 0.15) is 46.0 Å². The first-order chi connectivity index (χ1) is 8.92. The fourth-order valence-electron chi connectivity index (χ4n) is 3.54. The predicted octanol–water partition coefficient (Wildman–Crippen LogP) is 1.79. The number of likely N-dealkylation sites (N-methyl/N-ethyl adjacent to an activating group) is 1. The number of methoxy groups -OCH3 is 1. The normalized spacial score (nSPS) is 35.3. The third-order valence-electron chi connectivity index (χ3n) is 5.21. The van der Waals surface area contributed by atoms with E-state index >= 15 is 0 Å². The molecule has 2 fully saturated rings. The molecule has 0 amide bonds. The molecule has 19 heavy (non-hydrogen) atoms. The number of ether oxygens (including phenoxy) is 1. The van der Waals surface area contributed by atoms with Crippen molar-refractivity contribution in [2.75, 3.05) is 27.2 Å². The first kappa shape index (κ1) is 14.8. The molecule has 1 saturated heterocycles. The Morgan fingerprint density at radius 3 is 2.42 bits per heavy atom. The largest absolute Gasteiger partial charge is 0.468 e. The lowest BCUT2D eigenvalue weighted by atomic mass is 9.82. The van der Waals surface area contributed by atoms with E-state index in [1.165, 1.54) is 33.0 Å². The maximum absolute atomic E-state index is 12.0. The van der Waals surface area contributed by atoms with Gasteiger partial charge in [0.15, 0.2) is 0 Å². The minimum Gasteiger partial charge on any atom is -0.468 e. The number of likely N-dealkylation sites (tertiary alicyclic amines) is 1. The smallest absolute Gasteiger partial charge is 0.326 e. The van der Waals surface area contributed by atoms with Crippen LogP contribution in [0.25, 0.3) is 0 Å². The second kappa shape index (κ2) is 5.41. The molecular weight excluding hydrogens is 240 g/mol. The van der Waals surface area contributed by atoms with Crippen LogP contribution in [-0.2, 0) is 9.53 Å².